The normalized spacial score (nSPS) is 12.1. The summed E-state index contributed by atoms with van der Waals surface area (Å²) in [4.78, 5) is 38.2. The van der Waals surface area contributed by atoms with Gasteiger partial charge in [-0.15, -0.1) is 0 Å². The van der Waals surface area contributed by atoms with Gasteiger partial charge in [0.2, 0.25) is 0 Å². The van der Waals surface area contributed by atoms with Gasteiger partial charge >= 0.3 is 17.9 Å². The summed E-state index contributed by atoms with van der Waals surface area (Å²) in [5, 5.41) is 0. The van der Waals surface area contributed by atoms with Gasteiger partial charge in [-0.1, -0.05) is 257 Å². The van der Waals surface area contributed by atoms with E-state index < -0.39 is 6.10 Å². The minimum absolute atomic E-state index is 0.0705. The van der Waals surface area contributed by atoms with Crippen molar-refractivity contribution in [1.82, 2.24) is 0 Å². The Kier molecular flexibility index (Phi) is 53.7. The van der Waals surface area contributed by atoms with Crippen LogP contribution in [0.3, 0.4) is 0 Å². The van der Waals surface area contributed by atoms with Crippen molar-refractivity contribution in [2.75, 3.05) is 13.2 Å². The fraction of sp³-hybridized carbons (Fsp3) is 0.883. The minimum atomic E-state index is -0.771. The van der Waals surface area contributed by atoms with Crippen LogP contribution in [0.5, 0.6) is 0 Å². The lowest BCUT2D eigenvalue weighted by molar-refractivity contribution is -0.167. The number of esters is 3. The smallest absolute Gasteiger partial charge is 0.306 e. The van der Waals surface area contributed by atoms with Gasteiger partial charge in [-0.05, 0) is 70.6 Å². The maximum atomic E-state index is 12.9. The summed E-state index contributed by atoms with van der Waals surface area (Å²) < 4.78 is 16.9. The van der Waals surface area contributed by atoms with Gasteiger partial charge < -0.3 is 14.2 Å². The van der Waals surface area contributed by atoms with Gasteiger partial charge in [0, 0.05) is 19.3 Å². The van der Waals surface area contributed by atoms with E-state index in [2.05, 4.69) is 45.1 Å². The van der Waals surface area contributed by atoms with Gasteiger partial charge in [0.1, 0.15) is 13.2 Å². The van der Waals surface area contributed by atoms with Crippen molar-refractivity contribution in [1.29, 1.82) is 0 Å². The first kappa shape index (κ1) is 63.9. The zero-order chi connectivity index (χ0) is 47.9. The molecule has 6 nitrogen and oxygen atoms in total. The molecule has 0 aliphatic rings. The molecule has 0 aromatic carbocycles. The summed E-state index contributed by atoms with van der Waals surface area (Å²) in [7, 11) is 0. The van der Waals surface area contributed by atoms with Crippen LogP contribution in [0.2, 0.25) is 0 Å². The van der Waals surface area contributed by atoms with Crippen molar-refractivity contribution < 1.29 is 28.6 Å². The van der Waals surface area contributed by atoms with E-state index in [0.29, 0.717) is 19.3 Å². The molecule has 0 spiro atoms. The number of allylic oxidation sites excluding steroid dienone is 4. The summed E-state index contributed by atoms with van der Waals surface area (Å²) in [5.41, 5.74) is 0. The highest BCUT2D eigenvalue weighted by atomic mass is 16.6. The summed E-state index contributed by atoms with van der Waals surface area (Å²) >= 11 is 0. The highest BCUT2D eigenvalue weighted by Crippen LogP contribution is 2.17. The van der Waals surface area contributed by atoms with Crippen LogP contribution in [-0.2, 0) is 28.6 Å². The van der Waals surface area contributed by atoms with E-state index in [1.54, 1.807) is 0 Å². The van der Waals surface area contributed by atoms with Gasteiger partial charge in [0.25, 0.3) is 0 Å². The largest absolute Gasteiger partial charge is 0.462 e. The molecule has 0 bridgehead atoms. The fourth-order valence-electron chi connectivity index (χ4n) is 8.73. The second-order valence-electron chi connectivity index (χ2n) is 19.9. The molecule has 0 aromatic heterocycles. The van der Waals surface area contributed by atoms with Crippen LogP contribution in [0.25, 0.3) is 0 Å². The predicted octanol–water partition coefficient (Wildman–Crippen LogP) is 19.5. The molecule has 0 radical (unpaired) electrons. The Morgan fingerprint density at radius 3 is 0.773 bits per heavy atom. The molecule has 0 aliphatic carbocycles. The Labute approximate surface area is 411 Å². The van der Waals surface area contributed by atoms with Crippen molar-refractivity contribution >= 4 is 17.9 Å². The number of carbonyl (C=O) groups is 3. The van der Waals surface area contributed by atoms with E-state index in [4.69, 9.17) is 14.2 Å². The van der Waals surface area contributed by atoms with Gasteiger partial charge in [-0.2, -0.15) is 0 Å². The van der Waals surface area contributed by atoms with E-state index in [1.807, 2.05) is 0 Å². The third-order valence-electron chi connectivity index (χ3n) is 13.2. The Bertz CT molecular complexity index is 1070. The molecular formula is C60H112O6. The van der Waals surface area contributed by atoms with Gasteiger partial charge in [0.15, 0.2) is 6.10 Å². The van der Waals surface area contributed by atoms with E-state index in [0.717, 1.165) is 57.8 Å². The first-order valence-electron chi connectivity index (χ1n) is 29.3. The van der Waals surface area contributed by atoms with Gasteiger partial charge in [-0.25, -0.2) is 0 Å². The maximum absolute atomic E-state index is 12.9. The van der Waals surface area contributed by atoms with Gasteiger partial charge in [0.05, 0.1) is 0 Å². The number of unbranched alkanes of at least 4 members (excludes halogenated alkanes) is 39. The lowest BCUT2D eigenvalue weighted by Crippen LogP contribution is -2.30. The monoisotopic (exact) mass is 929 g/mol. The Balaban J connectivity index is 4.34. The molecule has 1 atom stereocenters. The van der Waals surface area contributed by atoms with Crippen molar-refractivity contribution in [3.8, 4) is 0 Å². The molecular weight excluding hydrogens is 817 g/mol. The Morgan fingerprint density at radius 1 is 0.288 bits per heavy atom. The first-order chi connectivity index (χ1) is 32.5. The average Bonchev–Trinajstić information content (AvgIpc) is 3.31. The quantitative estimate of drug-likeness (QED) is 0.0262. The molecule has 0 saturated carbocycles. The molecule has 0 aromatic rings. The van der Waals surface area contributed by atoms with Crippen LogP contribution >= 0.6 is 0 Å². The summed E-state index contributed by atoms with van der Waals surface area (Å²) in [6.07, 6.45) is 64.5. The molecule has 0 fully saturated rings. The molecule has 0 amide bonds. The lowest BCUT2D eigenvalue weighted by atomic mass is 10.0. The predicted molar refractivity (Wildman–Crippen MR) is 284 cm³/mol. The first-order valence-corrected chi connectivity index (χ1v) is 29.3. The second kappa shape index (κ2) is 55.5. The van der Waals surface area contributed by atoms with Crippen molar-refractivity contribution in [2.45, 2.75) is 329 Å². The van der Waals surface area contributed by atoms with Crippen LogP contribution in [0.15, 0.2) is 24.3 Å². The number of carbonyl (C=O) groups excluding carboxylic acids is 3. The van der Waals surface area contributed by atoms with Crippen LogP contribution in [0.4, 0.5) is 0 Å². The highest BCUT2D eigenvalue weighted by molar-refractivity contribution is 5.71. The maximum Gasteiger partial charge on any atom is 0.306 e. The van der Waals surface area contributed by atoms with Crippen LogP contribution in [-0.4, -0.2) is 37.2 Å². The third kappa shape index (κ3) is 52.9. The Morgan fingerprint density at radius 2 is 0.500 bits per heavy atom. The van der Waals surface area contributed by atoms with E-state index in [9.17, 15) is 14.4 Å². The molecule has 0 saturated heterocycles. The topological polar surface area (TPSA) is 78.9 Å². The summed E-state index contributed by atoms with van der Waals surface area (Å²) in [5.74, 6) is -0.857. The van der Waals surface area contributed by atoms with Crippen molar-refractivity contribution in [3.05, 3.63) is 24.3 Å². The molecule has 0 heterocycles. The lowest BCUT2D eigenvalue weighted by Gasteiger charge is -2.18. The number of ether oxygens (including phenoxy) is 3. The molecule has 388 valence electrons. The van der Waals surface area contributed by atoms with Crippen molar-refractivity contribution in [2.24, 2.45) is 0 Å². The molecule has 0 aliphatic heterocycles. The number of rotatable bonds is 54. The van der Waals surface area contributed by atoms with Crippen molar-refractivity contribution in [3.63, 3.8) is 0 Å². The van der Waals surface area contributed by atoms with Gasteiger partial charge in [-0.3, -0.25) is 14.4 Å². The molecule has 0 rings (SSSR count). The standard InChI is InChI=1S/C60H112O6/c1-4-7-10-13-16-19-22-25-28-30-33-35-38-41-44-47-50-53-59(62)65-56-57(55-64-58(61)52-49-46-43-40-37-34-31-27-24-21-18-15-12-9-6-3)66-60(63)54-51-48-45-42-39-36-32-29-26-23-20-17-14-11-8-5-2/h21,24-25,28,57H,4-20,22-23,26-27,29-56H2,1-3H3/b24-21-,28-25-. The van der Waals surface area contributed by atoms with E-state index >= 15 is 0 Å². The minimum Gasteiger partial charge on any atom is -0.462 e. The zero-order valence-electron chi connectivity index (χ0n) is 44.5. The Hall–Kier alpha value is -2.11. The highest BCUT2D eigenvalue weighted by Gasteiger charge is 2.19. The number of hydrogen-bond acceptors (Lipinski definition) is 6. The fourth-order valence-corrected chi connectivity index (χ4v) is 8.73. The van der Waals surface area contributed by atoms with E-state index in [-0.39, 0.29) is 31.1 Å². The van der Waals surface area contributed by atoms with Crippen LogP contribution in [0, 0.1) is 0 Å². The number of hydrogen-bond donors (Lipinski definition) is 0. The van der Waals surface area contributed by atoms with Crippen LogP contribution < -0.4 is 0 Å². The summed E-state index contributed by atoms with van der Waals surface area (Å²) in [6.45, 7) is 6.67. The van der Waals surface area contributed by atoms with E-state index in [1.165, 1.54) is 225 Å². The second-order valence-corrected chi connectivity index (χ2v) is 19.9. The summed E-state index contributed by atoms with van der Waals surface area (Å²) in [6, 6.07) is 0. The molecule has 0 N–H and O–H groups in total. The molecule has 66 heavy (non-hydrogen) atoms. The average molecular weight is 930 g/mol. The molecule has 1 unspecified atom stereocenters. The SMILES string of the molecule is CCCCCC/C=C\CCCCCCCCCC(=O)OCC(COC(=O)CCCCCCCCC/C=C\CCCCCCCC)OC(=O)CCCCCCCCCCCCCCCCCC. The van der Waals surface area contributed by atoms with Crippen LogP contribution in [0.1, 0.15) is 323 Å². The molecule has 6 heteroatoms. The zero-order valence-corrected chi connectivity index (χ0v) is 44.5. The third-order valence-corrected chi connectivity index (χ3v) is 13.2.